The zero-order valence-electron chi connectivity index (χ0n) is 16.6. The molecule has 3 aromatic rings. The standard InChI is InChI=1S/C24H27FN2O2/c25-20-9-7-18(8-10-20)16-27-17-22(21-4-1-2-5-23(21)27)19-11-14-26(15-12-19)13-3-6-24(28)29/h1-2,4-5,7-10,17,19H,3,6,11-16H2,(H,28,29). The maximum absolute atomic E-state index is 13.2. The summed E-state index contributed by atoms with van der Waals surface area (Å²) in [6.07, 6.45) is 5.43. The summed E-state index contributed by atoms with van der Waals surface area (Å²) in [5, 5.41) is 10.1. The number of hydrogen-bond acceptors (Lipinski definition) is 2. The van der Waals surface area contributed by atoms with E-state index >= 15 is 0 Å². The van der Waals surface area contributed by atoms with Gasteiger partial charge in [-0.05, 0) is 74.1 Å². The lowest BCUT2D eigenvalue weighted by molar-refractivity contribution is -0.137. The van der Waals surface area contributed by atoms with Crippen molar-refractivity contribution in [3.05, 3.63) is 71.7 Å². The van der Waals surface area contributed by atoms with Crippen molar-refractivity contribution in [3.8, 4) is 0 Å². The summed E-state index contributed by atoms with van der Waals surface area (Å²) in [6.45, 7) is 3.63. The first-order valence-corrected chi connectivity index (χ1v) is 10.4. The molecule has 1 aromatic heterocycles. The van der Waals surface area contributed by atoms with Crippen LogP contribution in [0.15, 0.2) is 54.7 Å². The second-order valence-corrected chi connectivity index (χ2v) is 7.97. The lowest BCUT2D eigenvalue weighted by Crippen LogP contribution is -2.33. The van der Waals surface area contributed by atoms with E-state index in [9.17, 15) is 9.18 Å². The molecule has 4 nitrogen and oxygen atoms in total. The lowest BCUT2D eigenvalue weighted by Gasteiger charge is -2.31. The minimum Gasteiger partial charge on any atom is -0.481 e. The normalized spacial score (nSPS) is 15.8. The summed E-state index contributed by atoms with van der Waals surface area (Å²) < 4.78 is 15.5. The third kappa shape index (κ3) is 4.67. The highest BCUT2D eigenvalue weighted by Gasteiger charge is 2.23. The average molecular weight is 394 g/mol. The van der Waals surface area contributed by atoms with E-state index in [1.807, 2.05) is 12.1 Å². The molecular weight excluding hydrogens is 367 g/mol. The van der Waals surface area contributed by atoms with Gasteiger partial charge in [0.25, 0.3) is 0 Å². The van der Waals surface area contributed by atoms with E-state index in [0.717, 1.165) is 51.0 Å². The van der Waals surface area contributed by atoms with Crippen LogP contribution in [0.5, 0.6) is 0 Å². The Balaban J connectivity index is 1.48. The highest BCUT2D eigenvalue weighted by molar-refractivity contribution is 5.84. The van der Waals surface area contributed by atoms with Gasteiger partial charge in [0.1, 0.15) is 5.82 Å². The fraction of sp³-hybridized carbons (Fsp3) is 0.375. The quantitative estimate of drug-likeness (QED) is 0.622. The molecule has 0 bridgehead atoms. The Kier molecular flexibility index (Phi) is 5.95. The summed E-state index contributed by atoms with van der Waals surface area (Å²) >= 11 is 0. The number of piperidine rings is 1. The van der Waals surface area contributed by atoms with Crippen molar-refractivity contribution < 1.29 is 14.3 Å². The number of likely N-dealkylation sites (tertiary alicyclic amines) is 1. The predicted octanol–water partition coefficient (Wildman–Crippen LogP) is 4.87. The highest BCUT2D eigenvalue weighted by Crippen LogP contribution is 2.34. The van der Waals surface area contributed by atoms with Crippen LogP contribution in [0, 0.1) is 5.82 Å². The van der Waals surface area contributed by atoms with Crippen LogP contribution in [0.3, 0.4) is 0 Å². The van der Waals surface area contributed by atoms with Gasteiger partial charge in [-0.3, -0.25) is 4.79 Å². The molecule has 1 saturated heterocycles. The largest absolute Gasteiger partial charge is 0.481 e. The molecule has 0 atom stereocenters. The number of aliphatic carboxylic acids is 1. The van der Waals surface area contributed by atoms with Crippen molar-refractivity contribution in [2.45, 2.75) is 38.1 Å². The monoisotopic (exact) mass is 394 g/mol. The van der Waals surface area contributed by atoms with Gasteiger partial charge in [-0.15, -0.1) is 0 Å². The van der Waals surface area contributed by atoms with Gasteiger partial charge in [-0.25, -0.2) is 4.39 Å². The Morgan fingerprint density at radius 2 is 1.79 bits per heavy atom. The van der Waals surface area contributed by atoms with E-state index in [2.05, 4.69) is 39.9 Å². The molecule has 152 valence electrons. The maximum Gasteiger partial charge on any atom is 0.303 e. The highest BCUT2D eigenvalue weighted by atomic mass is 19.1. The van der Waals surface area contributed by atoms with E-state index in [4.69, 9.17) is 5.11 Å². The number of aromatic nitrogens is 1. The molecule has 0 radical (unpaired) electrons. The molecule has 0 unspecified atom stereocenters. The smallest absolute Gasteiger partial charge is 0.303 e. The molecule has 5 heteroatoms. The molecule has 1 fully saturated rings. The van der Waals surface area contributed by atoms with E-state index in [0.29, 0.717) is 5.92 Å². The number of para-hydroxylation sites is 1. The maximum atomic E-state index is 13.2. The van der Waals surface area contributed by atoms with Crippen LogP contribution in [-0.4, -0.2) is 40.2 Å². The molecule has 2 aromatic carbocycles. The molecule has 29 heavy (non-hydrogen) atoms. The van der Waals surface area contributed by atoms with Gasteiger partial charge in [-0.1, -0.05) is 30.3 Å². The number of benzene rings is 2. The van der Waals surface area contributed by atoms with E-state index in [1.54, 1.807) is 0 Å². The minimum absolute atomic E-state index is 0.207. The summed E-state index contributed by atoms with van der Waals surface area (Å²) in [7, 11) is 0. The van der Waals surface area contributed by atoms with Gasteiger partial charge in [-0.2, -0.15) is 0 Å². The van der Waals surface area contributed by atoms with Gasteiger partial charge in [0, 0.05) is 30.1 Å². The van der Waals surface area contributed by atoms with Crippen LogP contribution in [0.4, 0.5) is 4.39 Å². The number of carboxylic acids is 1. The fourth-order valence-electron chi connectivity index (χ4n) is 4.44. The molecule has 1 N–H and O–H groups in total. The second kappa shape index (κ2) is 8.78. The molecule has 0 spiro atoms. The van der Waals surface area contributed by atoms with Crippen LogP contribution in [-0.2, 0) is 11.3 Å². The summed E-state index contributed by atoms with van der Waals surface area (Å²) in [5.74, 6) is -0.402. The number of carbonyl (C=O) groups is 1. The van der Waals surface area contributed by atoms with E-state index in [-0.39, 0.29) is 12.2 Å². The first kappa shape index (κ1) is 19.6. The van der Waals surface area contributed by atoms with Crippen LogP contribution in [0.2, 0.25) is 0 Å². The zero-order chi connectivity index (χ0) is 20.2. The third-order valence-corrected chi connectivity index (χ3v) is 5.98. The Bertz CT molecular complexity index is 972. The van der Waals surface area contributed by atoms with E-state index in [1.165, 1.54) is 28.6 Å². The van der Waals surface area contributed by atoms with Crippen molar-refractivity contribution in [1.29, 1.82) is 0 Å². The number of carboxylic acid groups (broad SMARTS) is 1. The van der Waals surface area contributed by atoms with Crippen molar-refractivity contribution in [1.82, 2.24) is 9.47 Å². The van der Waals surface area contributed by atoms with Crippen molar-refractivity contribution >= 4 is 16.9 Å². The Hall–Kier alpha value is -2.66. The van der Waals surface area contributed by atoms with Crippen molar-refractivity contribution in [2.75, 3.05) is 19.6 Å². The van der Waals surface area contributed by atoms with Gasteiger partial charge < -0.3 is 14.6 Å². The Labute approximate surface area is 170 Å². The lowest BCUT2D eigenvalue weighted by atomic mass is 9.89. The van der Waals surface area contributed by atoms with Crippen LogP contribution in [0.25, 0.3) is 10.9 Å². The van der Waals surface area contributed by atoms with E-state index < -0.39 is 5.97 Å². The number of hydrogen-bond donors (Lipinski definition) is 1. The van der Waals surface area contributed by atoms with Crippen LogP contribution in [0.1, 0.15) is 42.7 Å². The Morgan fingerprint density at radius 3 is 2.52 bits per heavy atom. The van der Waals surface area contributed by atoms with Crippen molar-refractivity contribution in [3.63, 3.8) is 0 Å². The minimum atomic E-state index is -0.714. The molecule has 4 rings (SSSR count). The molecule has 0 saturated carbocycles. The average Bonchev–Trinajstić information content (AvgIpc) is 3.09. The van der Waals surface area contributed by atoms with Crippen LogP contribution < -0.4 is 0 Å². The summed E-state index contributed by atoms with van der Waals surface area (Å²) in [5.41, 5.74) is 3.70. The number of fused-ring (bicyclic) bond motifs is 1. The molecular formula is C24H27FN2O2. The van der Waals surface area contributed by atoms with Gasteiger partial charge >= 0.3 is 5.97 Å². The van der Waals surface area contributed by atoms with Gasteiger partial charge in [0.15, 0.2) is 0 Å². The first-order valence-electron chi connectivity index (χ1n) is 10.4. The van der Waals surface area contributed by atoms with Crippen LogP contribution >= 0.6 is 0 Å². The zero-order valence-corrected chi connectivity index (χ0v) is 16.6. The summed E-state index contributed by atoms with van der Waals surface area (Å²) in [6, 6.07) is 15.2. The first-order chi connectivity index (χ1) is 14.1. The third-order valence-electron chi connectivity index (χ3n) is 5.98. The SMILES string of the molecule is O=C(O)CCCN1CCC(c2cn(Cc3ccc(F)cc3)c3ccccc23)CC1. The summed E-state index contributed by atoms with van der Waals surface area (Å²) in [4.78, 5) is 13.1. The number of rotatable bonds is 7. The fourth-order valence-corrected chi connectivity index (χ4v) is 4.44. The van der Waals surface area contributed by atoms with Gasteiger partial charge in [0.2, 0.25) is 0 Å². The molecule has 1 aliphatic rings. The molecule has 1 aliphatic heterocycles. The number of nitrogens with zero attached hydrogens (tertiary/aromatic N) is 2. The topological polar surface area (TPSA) is 45.5 Å². The second-order valence-electron chi connectivity index (χ2n) is 7.97. The Morgan fingerprint density at radius 1 is 1.07 bits per heavy atom. The molecule has 0 aliphatic carbocycles. The van der Waals surface area contributed by atoms with Crippen molar-refractivity contribution in [2.24, 2.45) is 0 Å². The number of halogens is 1. The predicted molar refractivity (Wildman–Crippen MR) is 113 cm³/mol. The molecule has 0 amide bonds. The molecule has 2 heterocycles. The van der Waals surface area contributed by atoms with Gasteiger partial charge in [0.05, 0.1) is 0 Å².